The van der Waals surface area contributed by atoms with E-state index < -0.39 is 11.9 Å². The Morgan fingerprint density at radius 1 is 1.22 bits per heavy atom. The van der Waals surface area contributed by atoms with Gasteiger partial charge in [0.15, 0.2) is 0 Å². The third-order valence-electron chi connectivity index (χ3n) is 2.08. The molecular weight excluding hydrogens is 273 g/mol. The van der Waals surface area contributed by atoms with Crippen molar-refractivity contribution in [3.8, 4) is 0 Å². The third-order valence-corrected chi connectivity index (χ3v) is 2.81. The highest BCUT2D eigenvalue weighted by Crippen LogP contribution is 2.29. The molecule has 0 aliphatic carbocycles. The van der Waals surface area contributed by atoms with Gasteiger partial charge in [0, 0.05) is 24.4 Å². The molecule has 0 heterocycles. The first kappa shape index (κ1) is 15.2. The molecule has 102 valence electrons. The predicted octanol–water partition coefficient (Wildman–Crippen LogP) is 3.97. The van der Waals surface area contributed by atoms with Crippen molar-refractivity contribution >= 4 is 11.8 Å². The van der Waals surface area contributed by atoms with E-state index in [4.69, 9.17) is 0 Å². The van der Waals surface area contributed by atoms with Gasteiger partial charge in [0.2, 0.25) is 0 Å². The van der Waals surface area contributed by atoms with Gasteiger partial charge in [-0.3, -0.25) is 0 Å². The normalized spacial score (nSPS) is 12.1. The first-order valence-electron chi connectivity index (χ1n) is 5.17. The lowest BCUT2D eigenvalue weighted by molar-refractivity contribution is -0.0327. The Labute approximate surface area is 106 Å². The van der Waals surface area contributed by atoms with Crippen LogP contribution in [0.2, 0.25) is 0 Å². The summed E-state index contributed by atoms with van der Waals surface area (Å²) in [6, 6.07) is 5.81. The molecule has 0 aliphatic heterocycles. The van der Waals surface area contributed by atoms with Gasteiger partial charge < -0.3 is 5.32 Å². The Bertz CT molecular complexity index is 367. The zero-order valence-electron chi connectivity index (χ0n) is 9.31. The molecule has 1 aromatic rings. The van der Waals surface area contributed by atoms with Crippen molar-refractivity contribution in [3.63, 3.8) is 0 Å². The lowest BCUT2D eigenvalue weighted by atomic mass is 10.1. The van der Waals surface area contributed by atoms with Crippen molar-refractivity contribution in [2.24, 2.45) is 0 Å². The molecule has 0 saturated carbocycles. The number of hydrogen-bond donors (Lipinski definition) is 1. The second-order valence-corrected chi connectivity index (χ2v) is 4.68. The summed E-state index contributed by atoms with van der Waals surface area (Å²) in [5.41, 5.74) is -3.68. The summed E-state index contributed by atoms with van der Waals surface area (Å²) in [5.74, 6) is -0.0992. The van der Waals surface area contributed by atoms with Crippen molar-refractivity contribution in [3.05, 3.63) is 35.4 Å². The SMILES string of the molecule is FC(F)c1cccc(CNCCSC(F)(F)F)c1. The first-order chi connectivity index (χ1) is 8.38. The molecule has 1 aromatic carbocycles. The second kappa shape index (κ2) is 6.94. The number of alkyl halides is 5. The fourth-order valence-corrected chi connectivity index (χ4v) is 1.79. The summed E-state index contributed by atoms with van der Waals surface area (Å²) in [6.07, 6.45) is -2.54. The fourth-order valence-electron chi connectivity index (χ4n) is 1.31. The van der Waals surface area contributed by atoms with Gasteiger partial charge in [-0.05, 0) is 23.4 Å². The van der Waals surface area contributed by atoms with Crippen molar-refractivity contribution in [2.45, 2.75) is 18.5 Å². The molecular formula is C11H12F5NS. The summed E-state index contributed by atoms with van der Waals surface area (Å²) in [7, 11) is 0. The molecule has 1 rings (SSSR count). The van der Waals surface area contributed by atoms with Crippen molar-refractivity contribution in [1.29, 1.82) is 0 Å². The van der Waals surface area contributed by atoms with Crippen LogP contribution in [0.5, 0.6) is 0 Å². The standard InChI is InChI=1S/C11H12F5NS/c12-10(13)9-3-1-2-8(6-9)7-17-4-5-18-11(14,15)16/h1-3,6,10,17H,4-5,7H2. The van der Waals surface area contributed by atoms with Crippen LogP contribution in [0, 0.1) is 0 Å². The Kier molecular flexibility index (Phi) is 5.87. The van der Waals surface area contributed by atoms with Gasteiger partial charge in [-0.15, -0.1) is 0 Å². The molecule has 7 heteroatoms. The van der Waals surface area contributed by atoms with Crippen molar-refractivity contribution in [1.82, 2.24) is 5.32 Å². The molecule has 0 atom stereocenters. The highest BCUT2D eigenvalue weighted by Gasteiger charge is 2.27. The third kappa shape index (κ3) is 6.20. The smallest absolute Gasteiger partial charge is 0.312 e. The van der Waals surface area contributed by atoms with Crippen LogP contribution in [0.15, 0.2) is 24.3 Å². The molecule has 1 nitrogen and oxygen atoms in total. The Hall–Kier alpha value is -0.820. The van der Waals surface area contributed by atoms with Crippen molar-refractivity contribution < 1.29 is 22.0 Å². The zero-order chi connectivity index (χ0) is 13.6. The van der Waals surface area contributed by atoms with Crippen LogP contribution >= 0.6 is 11.8 Å². The lowest BCUT2D eigenvalue weighted by Gasteiger charge is -2.08. The molecule has 0 unspecified atom stereocenters. The molecule has 1 N–H and O–H groups in total. The monoisotopic (exact) mass is 285 g/mol. The minimum atomic E-state index is -4.22. The molecule has 0 radical (unpaired) electrons. The van der Waals surface area contributed by atoms with E-state index in [2.05, 4.69) is 5.32 Å². The average Bonchev–Trinajstić information content (AvgIpc) is 2.27. The second-order valence-electron chi connectivity index (χ2n) is 3.52. The van der Waals surface area contributed by atoms with Crippen LogP contribution in [-0.2, 0) is 6.54 Å². The summed E-state index contributed by atoms with van der Waals surface area (Å²) < 4.78 is 60.1. The number of halogens is 5. The quantitative estimate of drug-likeness (QED) is 0.627. The zero-order valence-corrected chi connectivity index (χ0v) is 10.1. The maximum absolute atomic E-state index is 12.4. The minimum absolute atomic E-state index is 0.0843. The van der Waals surface area contributed by atoms with Gasteiger partial charge in [-0.1, -0.05) is 18.2 Å². The van der Waals surface area contributed by atoms with Gasteiger partial charge in [0.05, 0.1) is 0 Å². The van der Waals surface area contributed by atoms with Crippen LogP contribution in [0.1, 0.15) is 17.6 Å². The van der Waals surface area contributed by atoms with Crippen LogP contribution < -0.4 is 5.32 Å². The molecule has 0 aromatic heterocycles. The fraction of sp³-hybridized carbons (Fsp3) is 0.455. The Morgan fingerprint density at radius 3 is 2.56 bits per heavy atom. The van der Waals surface area contributed by atoms with E-state index in [-0.39, 0.29) is 36.2 Å². The van der Waals surface area contributed by atoms with E-state index in [1.807, 2.05) is 0 Å². The van der Waals surface area contributed by atoms with Gasteiger partial charge in [0.1, 0.15) is 0 Å². The van der Waals surface area contributed by atoms with Gasteiger partial charge in [-0.25, -0.2) is 8.78 Å². The summed E-state index contributed by atoms with van der Waals surface area (Å²) >= 11 is -0.106. The van der Waals surface area contributed by atoms with Crippen LogP contribution in [0.3, 0.4) is 0 Å². The van der Waals surface area contributed by atoms with E-state index in [0.717, 1.165) is 0 Å². The highest BCUT2D eigenvalue weighted by atomic mass is 32.2. The van der Waals surface area contributed by atoms with E-state index in [0.29, 0.717) is 5.56 Å². The van der Waals surface area contributed by atoms with Crippen LogP contribution in [0.4, 0.5) is 22.0 Å². The molecule has 0 fully saturated rings. The number of thioether (sulfide) groups is 1. The highest BCUT2D eigenvalue weighted by molar-refractivity contribution is 8.00. The van der Waals surface area contributed by atoms with Crippen LogP contribution in [0.25, 0.3) is 0 Å². The average molecular weight is 285 g/mol. The molecule has 18 heavy (non-hydrogen) atoms. The molecule has 0 bridgehead atoms. The van der Waals surface area contributed by atoms with E-state index in [1.165, 1.54) is 18.2 Å². The maximum Gasteiger partial charge on any atom is 0.441 e. The molecule has 0 amide bonds. The number of benzene rings is 1. The minimum Gasteiger partial charge on any atom is -0.312 e. The van der Waals surface area contributed by atoms with E-state index in [1.54, 1.807) is 6.07 Å². The van der Waals surface area contributed by atoms with Gasteiger partial charge in [-0.2, -0.15) is 13.2 Å². The summed E-state index contributed by atoms with van der Waals surface area (Å²) in [4.78, 5) is 0. The predicted molar refractivity (Wildman–Crippen MR) is 61.6 cm³/mol. The van der Waals surface area contributed by atoms with Gasteiger partial charge >= 0.3 is 5.51 Å². The Morgan fingerprint density at radius 2 is 1.94 bits per heavy atom. The number of rotatable bonds is 6. The van der Waals surface area contributed by atoms with E-state index >= 15 is 0 Å². The largest absolute Gasteiger partial charge is 0.441 e. The number of hydrogen-bond acceptors (Lipinski definition) is 2. The van der Waals surface area contributed by atoms with E-state index in [9.17, 15) is 22.0 Å². The molecule has 0 spiro atoms. The summed E-state index contributed by atoms with van der Waals surface area (Å²) in [6.45, 7) is 0.446. The number of nitrogens with one attached hydrogen (secondary N) is 1. The topological polar surface area (TPSA) is 12.0 Å². The maximum atomic E-state index is 12.4. The first-order valence-corrected chi connectivity index (χ1v) is 6.15. The molecule has 0 aliphatic rings. The van der Waals surface area contributed by atoms with Gasteiger partial charge in [0.25, 0.3) is 6.43 Å². The summed E-state index contributed by atoms with van der Waals surface area (Å²) in [5, 5.41) is 2.77. The molecule has 0 saturated heterocycles. The van der Waals surface area contributed by atoms with Crippen molar-refractivity contribution in [2.75, 3.05) is 12.3 Å². The van der Waals surface area contributed by atoms with Crippen LogP contribution in [-0.4, -0.2) is 17.8 Å². The lowest BCUT2D eigenvalue weighted by Crippen LogP contribution is -2.18. The Balaban J connectivity index is 2.29.